The van der Waals surface area contributed by atoms with Crippen LogP contribution in [0, 0.1) is 0 Å². The van der Waals surface area contributed by atoms with Crippen molar-refractivity contribution >= 4 is 24.0 Å². The van der Waals surface area contributed by atoms with Crippen LogP contribution in [-0.4, -0.2) is 25.0 Å². The lowest BCUT2D eigenvalue weighted by Crippen LogP contribution is -2.19. The van der Waals surface area contributed by atoms with Crippen molar-refractivity contribution in [3.05, 3.63) is 42.0 Å². The van der Waals surface area contributed by atoms with Crippen molar-refractivity contribution < 1.29 is 23.9 Å². The standard InChI is InChI=1S/C12H10O5/c1-16-12(15)17-11(14)10(13)8-7-9-5-3-2-4-6-9/h2-8H,1H3/b8-7+. The number of carbonyl (C=O) groups excluding carboxylic acids is 3. The molecular formula is C12H10O5. The van der Waals surface area contributed by atoms with Gasteiger partial charge in [0, 0.05) is 0 Å². The van der Waals surface area contributed by atoms with Crippen molar-refractivity contribution in [2.45, 2.75) is 0 Å². The fourth-order valence-electron chi connectivity index (χ4n) is 0.972. The molecule has 0 heterocycles. The number of benzene rings is 1. The van der Waals surface area contributed by atoms with Crippen LogP contribution in [-0.2, 0) is 19.1 Å². The van der Waals surface area contributed by atoms with Crippen LogP contribution >= 0.6 is 0 Å². The second-order valence-corrected chi connectivity index (χ2v) is 2.95. The first kappa shape index (κ1) is 12.6. The molecule has 0 aliphatic rings. The number of hydrogen-bond donors (Lipinski definition) is 0. The monoisotopic (exact) mass is 234 g/mol. The molecule has 5 heteroatoms. The second kappa shape index (κ2) is 6.22. The Morgan fingerprint density at radius 3 is 2.35 bits per heavy atom. The fourth-order valence-corrected chi connectivity index (χ4v) is 0.972. The molecule has 0 bridgehead atoms. The Bertz CT molecular complexity index is 447. The third-order valence-electron chi connectivity index (χ3n) is 1.77. The number of ketones is 1. The zero-order chi connectivity index (χ0) is 12.7. The maximum absolute atomic E-state index is 11.2. The Morgan fingerprint density at radius 1 is 1.12 bits per heavy atom. The molecule has 0 aliphatic carbocycles. The molecule has 0 amide bonds. The quantitative estimate of drug-likeness (QED) is 0.343. The van der Waals surface area contributed by atoms with Gasteiger partial charge in [0.05, 0.1) is 7.11 Å². The lowest BCUT2D eigenvalue weighted by molar-refractivity contribution is -0.148. The lowest BCUT2D eigenvalue weighted by atomic mass is 10.2. The molecule has 0 fully saturated rings. The van der Waals surface area contributed by atoms with Gasteiger partial charge >= 0.3 is 12.1 Å². The summed E-state index contributed by atoms with van der Waals surface area (Å²) in [6.07, 6.45) is 1.26. The summed E-state index contributed by atoms with van der Waals surface area (Å²) in [6.45, 7) is 0. The molecule has 0 saturated carbocycles. The molecule has 0 N–H and O–H groups in total. The van der Waals surface area contributed by atoms with E-state index in [2.05, 4.69) is 9.47 Å². The number of esters is 1. The average Bonchev–Trinajstić information content (AvgIpc) is 2.36. The molecule has 0 aromatic heterocycles. The second-order valence-electron chi connectivity index (χ2n) is 2.95. The van der Waals surface area contributed by atoms with Crippen LogP contribution in [0.4, 0.5) is 4.79 Å². The number of ether oxygens (including phenoxy) is 2. The molecule has 5 nitrogen and oxygen atoms in total. The zero-order valence-corrected chi connectivity index (χ0v) is 9.08. The van der Waals surface area contributed by atoms with Gasteiger partial charge in [-0.1, -0.05) is 36.4 Å². The summed E-state index contributed by atoms with van der Waals surface area (Å²) in [5.41, 5.74) is 0.756. The minimum atomic E-state index is -1.27. The number of carbonyl (C=O) groups is 3. The maximum atomic E-state index is 11.2. The van der Waals surface area contributed by atoms with Crippen LogP contribution in [0.5, 0.6) is 0 Å². The molecule has 0 saturated heterocycles. The van der Waals surface area contributed by atoms with E-state index in [0.717, 1.165) is 18.7 Å². The van der Waals surface area contributed by atoms with E-state index in [1.54, 1.807) is 24.3 Å². The summed E-state index contributed by atoms with van der Waals surface area (Å²) in [5, 5.41) is 0. The van der Waals surface area contributed by atoms with Crippen LogP contribution in [0.2, 0.25) is 0 Å². The van der Waals surface area contributed by atoms with Crippen molar-refractivity contribution in [3.63, 3.8) is 0 Å². The van der Waals surface area contributed by atoms with E-state index < -0.39 is 17.9 Å². The number of rotatable bonds is 3. The first-order valence-corrected chi connectivity index (χ1v) is 4.70. The lowest BCUT2D eigenvalue weighted by Gasteiger charge is -1.97. The maximum Gasteiger partial charge on any atom is 0.516 e. The van der Waals surface area contributed by atoms with Gasteiger partial charge in [-0.3, -0.25) is 4.79 Å². The number of hydrogen-bond acceptors (Lipinski definition) is 5. The average molecular weight is 234 g/mol. The highest BCUT2D eigenvalue weighted by molar-refractivity contribution is 6.40. The first-order chi connectivity index (χ1) is 8.13. The molecule has 17 heavy (non-hydrogen) atoms. The van der Waals surface area contributed by atoms with E-state index in [-0.39, 0.29) is 0 Å². The molecule has 0 atom stereocenters. The van der Waals surface area contributed by atoms with Crippen LogP contribution in [0.25, 0.3) is 6.08 Å². The van der Waals surface area contributed by atoms with E-state index >= 15 is 0 Å². The summed E-state index contributed by atoms with van der Waals surface area (Å²) < 4.78 is 8.12. The Balaban J connectivity index is 2.58. The molecule has 0 unspecified atom stereocenters. The highest BCUT2D eigenvalue weighted by Gasteiger charge is 2.16. The van der Waals surface area contributed by atoms with E-state index in [0.29, 0.717) is 0 Å². The summed E-state index contributed by atoms with van der Waals surface area (Å²) in [7, 11) is 1.04. The zero-order valence-electron chi connectivity index (χ0n) is 9.08. The van der Waals surface area contributed by atoms with Gasteiger partial charge in [0.15, 0.2) is 0 Å². The smallest absolute Gasteiger partial charge is 0.437 e. The summed E-state index contributed by atoms with van der Waals surface area (Å²) in [6, 6.07) is 8.92. The van der Waals surface area contributed by atoms with Gasteiger partial charge in [0.25, 0.3) is 5.78 Å². The summed E-state index contributed by atoms with van der Waals surface area (Å²) >= 11 is 0. The summed E-state index contributed by atoms with van der Waals surface area (Å²) in [4.78, 5) is 32.8. The van der Waals surface area contributed by atoms with Crippen LogP contribution in [0.1, 0.15) is 5.56 Å². The van der Waals surface area contributed by atoms with Crippen molar-refractivity contribution in [3.8, 4) is 0 Å². The van der Waals surface area contributed by atoms with Crippen LogP contribution in [0.3, 0.4) is 0 Å². The van der Waals surface area contributed by atoms with Gasteiger partial charge in [-0.2, -0.15) is 0 Å². The van der Waals surface area contributed by atoms with Crippen LogP contribution < -0.4 is 0 Å². The SMILES string of the molecule is COC(=O)OC(=O)C(=O)/C=C/c1ccccc1. The molecule has 0 spiro atoms. The Labute approximate surface area is 97.6 Å². The molecule has 0 radical (unpaired) electrons. The predicted molar refractivity (Wildman–Crippen MR) is 59.0 cm³/mol. The molecule has 1 aromatic rings. The van der Waals surface area contributed by atoms with Gasteiger partial charge in [-0.25, -0.2) is 9.59 Å². The molecule has 1 aromatic carbocycles. The molecular weight excluding hydrogens is 224 g/mol. The fraction of sp³-hybridized carbons (Fsp3) is 0.0833. The third-order valence-corrected chi connectivity index (χ3v) is 1.77. The largest absolute Gasteiger partial charge is 0.516 e. The van der Waals surface area contributed by atoms with E-state index in [1.807, 2.05) is 6.07 Å². The van der Waals surface area contributed by atoms with Gasteiger partial charge < -0.3 is 9.47 Å². The van der Waals surface area contributed by atoms with Crippen molar-refractivity contribution in [2.75, 3.05) is 7.11 Å². The highest BCUT2D eigenvalue weighted by atomic mass is 16.7. The molecule has 1 rings (SSSR count). The molecule has 0 aliphatic heterocycles. The van der Waals surface area contributed by atoms with E-state index in [4.69, 9.17) is 0 Å². The normalized spacial score (nSPS) is 9.94. The third kappa shape index (κ3) is 4.29. The van der Waals surface area contributed by atoms with E-state index in [1.165, 1.54) is 6.08 Å². The number of methoxy groups -OCH3 is 1. The van der Waals surface area contributed by atoms with Crippen molar-refractivity contribution in [2.24, 2.45) is 0 Å². The molecule has 88 valence electrons. The first-order valence-electron chi connectivity index (χ1n) is 4.70. The van der Waals surface area contributed by atoms with Gasteiger partial charge in [-0.15, -0.1) is 0 Å². The van der Waals surface area contributed by atoms with Gasteiger partial charge in [-0.05, 0) is 11.6 Å². The predicted octanol–water partition coefficient (Wildman–Crippen LogP) is 1.58. The van der Waals surface area contributed by atoms with Crippen LogP contribution in [0.15, 0.2) is 36.4 Å². The van der Waals surface area contributed by atoms with Gasteiger partial charge in [0.2, 0.25) is 0 Å². The van der Waals surface area contributed by atoms with Gasteiger partial charge in [0.1, 0.15) is 0 Å². The Morgan fingerprint density at radius 2 is 1.76 bits per heavy atom. The van der Waals surface area contributed by atoms with Crippen molar-refractivity contribution in [1.82, 2.24) is 0 Å². The van der Waals surface area contributed by atoms with Crippen molar-refractivity contribution in [1.29, 1.82) is 0 Å². The Hall–Kier alpha value is -2.43. The summed E-state index contributed by atoms with van der Waals surface area (Å²) in [5.74, 6) is -2.21. The highest BCUT2D eigenvalue weighted by Crippen LogP contribution is 2.01. The Kier molecular flexibility index (Phi) is 4.62. The minimum Gasteiger partial charge on any atom is -0.437 e. The van der Waals surface area contributed by atoms with E-state index in [9.17, 15) is 14.4 Å². The minimum absolute atomic E-state index is 0.756. The topological polar surface area (TPSA) is 69.7 Å².